The minimum atomic E-state index is -0.432. The zero-order valence-electron chi connectivity index (χ0n) is 13.3. The highest BCUT2D eigenvalue weighted by Gasteiger charge is 2.35. The van der Waals surface area contributed by atoms with Gasteiger partial charge in [-0.15, -0.1) is 0 Å². The molecule has 0 aliphatic heterocycles. The van der Waals surface area contributed by atoms with Crippen molar-refractivity contribution in [2.24, 2.45) is 5.73 Å². The number of rotatable bonds is 8. The smallest absolute Gasteiger partial charge is 0.123 e. The van der Waals surface area contributed by atoms with Gasteiger partial charge in [-0.05, 0) is 57.0 Å². The molecule has 2 nitrogen and oxygen atoms in total. The van der Waals surface area contributed by atoms with Gasteiger partial charge in [-0.25, -0.2) is 4.39 Å². The van der Waals surface area contributed by atoms with Gasteiger partial charge in [0.2, 0.25) is 0 Å². The van der Waals surface area contributed by atoms with E-state index in [1.54, 1.807) is 0 Å². The Bertz CT molecular complexity index is 384. The van der Waals surface area contributed by atoms with Gasteiger partial charge in [0.15, 0.2) is 0 Å². The lowest BCUT2D eigenvalue weighted by molar-refractivity contribution is 0.127. The minimum Gasteiger partial charge on any atom is -0.320 e. The van der Waals surface area contributed by atoms with Crippen LogP contribution < -0.4 is 5.73 Å². The summed E-state index contributed by atoms with van der Waals surface area (Å²) in [5, 5.41) is 0. The molecule has 0 bridgehead atoms. The van der Waals surface area contributed by atoms with Crippen LogP contribution in [0.3, 0.4) is 0 Å². The Balaban J connectivity index is 3.03. The molecule has 0 spiro atoms. The number of halogens is 1. The van der Waals surface area contributed by atoms with Gasteiger partial charge in [0.25, 0.3) is 0 Å². The largest absolute Gasteiger partial charge is 0.320 e. The lowest BCUT2D eigenvalue weighted by Crippen LogP contribution is -2.54. The number of hydrogen-bond acceptors (Lipinski definition) is 2. The van der Waals surface area contributed by atoms with E-state index in [2.05, 4.69) is 32.6 Å². The van der Waals surface area contributed by atoms with Gasteiger partial charge in [0.05, 0.1) is 5.54 Å². The molecule has 1 aromatic carbocycles. The molecule has 0 heterocycles. The van der Waals surface area contributed by atoms with Gasteiger partial charge < -0.3 is 5.73 Å². The summed E-state index contributed by atoms with van der Waals surface area (Å²) < 4.78 is 13.1. The van der Waals surface area contributed by atoms with Crippen molar-refractivity contribution < 1.29 is 4.39 Å². The van der Waals surface area contributed by atoms with E-state index in [1.165, 1.54) is 12.1 Å². The second kappa shape index (κ2) is 7.75. The third kappa shape index (κ3) is 3.80. The third-order valence-electron chi connectivity index (χ3n) is 4.28. The average Bonchev–Trinajstić information content (AvgIpc) is 2.46. The Hall–Kier alpha value is -0.930. The number of nitrogens with two attached hydrogens (primary N) is 1. The van der Waals surface area contributed by atoms with Crippen LogP contribution in [0, 0.1) is 5.82 Å². The number of hydrogen-bond donors (Lipinski definition) is 1. The number of nitrogens with zero attached hydrogens (tertiary/aromatic N) is 1. The molecule has 20 heavy (non-hydrogen) atoms. The first-order valence-electron chi connectivity index (χ1n) is 7.78. The van der Waals surface area contributed by atoms with Crippen molar-refractivity contribution >= 4 is 0 Å². The summed E-state index contributed by atoms with van der Waals surface area (Å²) in [6.07, 6.45) is 3.07. The summed E-state index contributed by atoms with van der Waals surface area (Å²) >= 11 is 0. The summed E-state index contributed by atoms with van der Waals surface area (Å²) in [7, 11) is 0. The van der Waals surface area contributed by atoms with Crippen LogP contribution in [0.4, 0.5) is 4.39 Å². The van der Waals surface area contributed by atoms with E-state index in [0.29, 0.717) is 0 Å². The predicted molar refractivity (Wildman–Crippen MR) is 84.2 cm³/mol. The first-order chi connectivity index (χ1) is 9.49. The van der Waals surface area contributed by atoms with Crippen molar-refractivity contribution in [3.63, 3.8) is 0 Å². The highest BCUT2D eigenvalue weighted by molar-refractivity contribution is 5.26. The van der Waals surface area contributed by atoms with Crippen molar-refractivity contribution in [3.05, 3.63) is 35.6 Å². The minimum absolute atomic E-state index is 0.209. The second-order valence-electron chi connectivity index (χ2n) is 5.61. The summed E-state index contributed by atoms with van der Waals surface area (Å²) in [5.41, 5.74) is 7.30. The fourth-order valence-electron chi connectivity index (χ4n) is 2.90. The van der Waals surface area contributed by atoms with E-state index in [0.717, 1.165) is 37.9 Å². The molecule has 0 radical (unpaired) electrons. The third-order valence-corrected chi connectivity index (χ3v) is 4.28. The van der Waals surface area contributed by atoms with Crippen LogP contribution in [0.25, 0.3) is 0 Å². The van der Waals surface area contributed by atoms with Gasteiger partial charge in [0.1, 0.15) is 5.82 Å². The number of benzene rings is 1. The monoisotopic (exact) mass is 280 g/mol. The molecule has 114 valence electrons. The first kappa shape index (κ1) is 17.1. The Morgan fingerprint density at radius 2 is 1.60 bits per heavy atom. The normalized spacial score (nSPS) is 16.1. The van der Waals surface area contributed by atoms with E-state index < -0.39 is 5.54 Å². The molecule has 0 aliphatic carbocycles. The first-order valence-corrected chi connectivity index (χ1v) is 7.78. The molecule has 0 fully saturated rings. The van der Waals surface area contributed by atoms with Gasteiger partial charge >= 0.3 is 0 Å². The average molecular weight is 280 g/mol. The van der Waals surface area contributed by atoms with Crippen LogP contribution >= 0.6 is 0 Å². The topological polar surface area (TPSA) is 29.3 Å². The van der Waals surface area contributed by atoms with Crippen LogP contribution in [0.15, 0.2) is 24.3 Å². The van der Waals surface area contributed by atoms with Gasteiger partial charge in [-0.1, -0.05) is 32.9 Å². The van der Waals surface area contributed by atoms with Crippen molar-refractivity contribution in [1.29, 1.82) is 0 Å². The van der Waals surface area contributed by atoms with Crippen molar-refractivity contribution in [3.8, 4) is 0 Å². The molecule has 2 N–H and O–H groups in total. The quantitative estimate of drug-likeness (QED) is 0.782. The summed E-state index contributed by atoms with van der Waals surface area (Å²) in [6, 6.07) is 6.89. The SMILES string of the molecule is CCCN(CCC)C(C)C(N)(CC)c1ccc(F)cc1. The lowest BCUT2D eigenvalue weighted by Gasteiger charge is -2.42. The molecule has 1 aromatic rings. The van der Waals surface area contributed by atoms with Crippen LogP contribution in [-0.4, -0.2) is 24.0 Å². The fraction of sp³-hybridized carbons (Fsp3) is 0.647. The molecule has 2 unspecified atom stereocenters. The fourth-order valence-corrected chi connectivity index (χ4v) is 2.90. The molecular weight excluding hydrogens is 251 g/mol. The maximum atomic E-state index is 13.1. The van der Waals surface area contributed by atoms with Crippen molar-refractivity contribution in [1.82, 2.24) is 4.90 Å². The van der Waals surface area contributed by atoms with Crippen LogP contribution in [0.5, 0.6) is 0 Å². The molecule has 1 rings (SSSR count). The highest BCUT2D eigenvalue weighted by Crippen LogP contribution is 2.29. The zero-order chi connectivity index (χ0) is 15.2. The molecule has 3 heteroatoms. The second-order valence-corrected chi connectivity index (χ2v) is 5.61. The molecule has 0 amide bonds. The summed E-state index contributed by atoms with van der Waals surface area (Å²) in [5.74, 6) is -0.209. The standard InChI is InChI=1S/C17H29FN2/c1-5-12-20(13-6-2)14(4)17(19,7-3)15-8-10-16(18)11-9-15/h8-11,14H,5-7,12-13,19H2,1-4H3. The van der Waals surface area contributed by atoms with Crippen LogP contribution in [0.2, 0.25) is 0 Å². The molecule has 0 saturated heterocycles. The van der Waals surface area contributed by atoms with Crippen molar-refractivity contribution in [2.45, 2.75) is 58.5 Å². The van der Waals surface area contributed by atoms with Gasteiger partial charge in [-0.2, -0.15) is 0 Å². The maximum absolute atomic E-state index is 13.1. The zero-order valence-corrected chi connectivity index (χ0v) is 13.3. The van der Waals surface area contributed by atoms with Crippen molar-refractivity contribution in [2.75, 3.05) is 13.1 Å². The van der Waals surface area contributed by atoms with Crippen LogP contribution in [0.1, 0.15) is 52.5 Å². The summed E-state index contributed by atoms with van der Waals surface area (Å²) in [6.45, 7) is 10.8. The van der Waals surface area contributed by atoms with Gasteiger partial charge in [0, 0.05) is 6.04 Å². The Kier molecular flexibility index (Phi) is 6.63. The molecule has 2 atom stereocenters. The Labute approximate surface area is 123 Å². The predicted octanol–water partition coefficient (Wildman–Crippen LogP) is 3.90. The lowest BCUT2D eigenvalue weighted by atomic mass is 9.81. The van der Waals surface area contributed by atoms with E-state index in [4.69, 9.17) is 5.73 Å². The maximum Gasteiger partial charge on any atom is 0.123 e. The highest BCUT2D eigenvalue weighted by atomic mass is 19.1. The molecule has 0 aliphatic rings. The Morgan fingerprint density at radius 1 is 1.10 bits per heavy atom. The van der Waals surface area contributed by atoms with Crippen LogP contribution in [-0.2, 0) is 5.54 Å². The molecule has 0 saturated carbocycles. The van der Waals surface area contributed by atoms with E-state index >= 15 is 0 Å². The molecular formula is C17H29FN2. The Morgan fingerprint density at radius 3 is 2.00 bits per heavy atom. The van der Waals surface area contributed by atoms with E-state index in [1.807, 2.05) is 12.1 Å². The molecule has 0 aromatic heterocycles. The summed E-state index contributed by atoms with van der Waals surface area (Å²) in [4.78, 5) is 2.45. The van der Waals surface area contributed by atoms with E-state index in [9.17, 15) is 4.39 Å². The van der Waals surface area contributed by atoms with Gasteiger partial charge in [-0.3, -0.25) is 4.90 Å². The van der Waals surface area contributed by atoms with E-state index in [-0.39, 0.29) is 11.9 Å².